The van der Waals surface area contributed by atoms with Crippen LogP contribution in [0, 0.1) is 5.92 Å². The quantitative estimate of drug-likeness (QED) is 0.561. The first-order valence-electron chi connectivity index (χ1n) is 9.82. The van der Waals surface area contributed by atoms with Gasteiger partial charge in [0.05, 0.1) is 6.04 Å². The van der Waals surface area contributed by atoms with Crippen LogP contribution < -0.4 is 10.6 Å². The maximum Gasteiger partial charge on any atom is 0.241 e. The fourth-order valence-corrected chi connectivity index (χ4v) is 3.38. The first-order chi connectivity index (χ1) is 13.6. The Morgan fingerprint density at radius 3 is 1.96 bits per heavy atom. The van der Waals surface area contributed by atoms with Crippen molar-refractivity contribution in [3.63, 3.8) is 0 Å². The summed E-state index contributed by atoms with van der Waals surface area (Å²) in [6.07, 6.45) is 0. The second-order valence-electron chi connectivity index (χ2n) is 7.42. The number of hydrogen-bond donors (Lipinski definition) is 2. The van der Waals surface area contributed by atoms with E-state index in [4.69, 9.17) is 0 Å². The van der Waals surface area contributed by atoms with Crippen LogP contribution in [0.4, 0.5) is 5.69 Å². The zero-order chi connectivity index (χ0) is 19.9. The second-order valence-corrected chi connectivity index (χ2v) is 7.42. The first kappa shape index (κ1) is 19.8. The van der Waals surface area contributed by atoms with E-state index in [1.807, 2.05) is 67.6 Å². The van der Waals surface area contributed by atoms with Gasteiger partial charge in [0.1, 0.15) is 0 Å². The molecule has 0 aromatic heterocycles. The Hall–Kier alpha value is -2.91. The van der Waals surface area contributed by atoms with Gasteiger partial charge in [0.2, 0.25) is 5.91 Å². The molecule has 2 N–H and O–H groups in total. The van der Waals surface area contributed by atoms with Crippen molar-refractivity contribution < 1.29 is 4.79 Å². The monoisotopic (exact) mass is 372 g/mol. The molecule has 3 nitrogen and oxygen atoms in total. The number of hydrogen-bond acceptors (Lipinski definition) is 2. The molecule has 0 heterocycles. The molecular weight excluding hydrogens is 344 g/mol. The Morgan fingerprint density at radius 1 is 0.750 bits per heavy atom. The summed E-state index contributed by atoms with van der Waals surface area (Å²) in [5.41, 5.74) is 4.13. The summed E-state index contributed by atoms with van der Waals surface area (Å²) in [5, 5.41) is 6.60. The summed E-state index contributed by atoms with van der Waals surface area (Å²) >= 11 is 0. The van der Waals surface area contributed by atoms with Crippen LogP contribution in [0.15, 0.2) is 84.9 Å². The van der Waals surface area contributed by atoms with Gasteiger partial charge in [0.15, 0.2) is 0 Å². The topological polar surface area (TPSA) is 41.1 Å². The van der Waals surface area contributed by atoms with Crippen LogP contribution >= 0.6 is 0 Å². The molecule has 3 aromatic carbocycles. The van der Waals surface area contributed by atoms with E-state index in [1.54, 1.807) is 0 Å². The standard InChI is InChI=1S/C25H28N2O/c1-18(2)24(21-14-8-5-9-15-21)26-19(3)25(28)27-23-17-11-10-16-22(23)20-12-6-4-7-13-20/h4-19,24,26H,1-3H3,(H,27,28)/t19-,24+/m0/s1. The van der Waals surface area contributed by atoms with E-state index in [9.17, 15) is 4.79 Å². The van der Waals surface area contributed by atoms with Crippen LogP contribution in [0.1, 0.15) is 32.4 Å². The molecule has 144 valence electrons. The van der Waals surface area contributed by atoms with E-state index >= 15 is 0 Å². The molecule has 28 heavy (non-hydrogen) atoms. The maximum absolute atomic E-state index is 12.9. The molecule has 0 unspecified atom stereocenters. The minimum Gasteiger partial charge on any atom is -0.324 e. The number of nitrogens with one attached hydrogen (secondary N) is 2. The number of carbonyl (C=O) groups is 1. The smallest absolute Gasteiger partial charge is 0.241 e. The highest BCUT2D eigenvalue weighted by atomic mass is 16.2. The molecule has 0 aliphatic carbocycles. The Balaban J connectivity index is 1.75. The van der Waals surface area contributed by atoms with E-state index in [0.29, 0.717) is 5.92 Å². The predicted octanol–water partition coefficient (Wildman–Crippen LogP) is 5.67. The molecule has 0 bridgehead atoms. The second kappa shape index (κ2) is 9.34. The van der Waals surface area contributed by atoms with Crippen molar-refractivity contribution in [2.75, 3.05) is 5.32 Å². The van der Waals surface area contributed by atoms with Gasteiger partial charge in [-0.3, -0.25) is 10.1 Å². The lowest BCUT2D eigenvalue weighted by Gasteiger charge is -2.26. The zero-order valence-corrected chi connectivity index (χ0v) is 16.7. The molecule has 0 aliphatic heterocycles. The highest BCUT2D eigenvalue weighted by Gasteiger charge is 2.22. The number of anilines is 1. The summed E-state index contributed by atoms with van der Waals surface area (Å²) in [6, 6.07) is 28.1. The van der Waals surface area contributed by atoms with Crippen molar-refractivity contribution in [1.82, 2.24) is 5.32 Å². The molecule has 3 rings (SSSR count). The van der Waals surface area contributed by atoms with Crippen molar-refractivity contribution in [1.29, 1.82) is 0 Å². The minimum absolute atomic E-state index is 0.0371. The Bertz CT molecular complexity index is 891. The van der Waals surface area contributed by atoms with Crippen LogP contribution in [0.2, 0.25) is 0 Å². The van der Waals surface area contributed by atoms with Crippen LogP contribution in [0.5, 0.6) is 0 Å². The van der Waals surface area contributed by atoms with E-state index in [0.717, 1.165) is 16.8 Å². The number of para-hydroxylation sites is 1. The van der Waals surface area contributed by atoms with E-state index in [2.05, 4.69) is 48.7 Å². The van der Waals surface area contributed by atoms with Crippen molar-refractivity contribution >= 4 is 11.6 Å². The number of carbonyl (C=O) groups excluding carboxylic acids is 1. The highest BCUT2D eigenvalue weighted by molar-refractivity contribution is 5.98. The predicted molar refractivity (Wildman–Crippen MR) is 117 cm³/mol. The molecule has 0 fully saturated rings. The average molecular weight is 373 g/mol. The highest BCUT2D eigenvalue weighted by Crippen LogP contribution is 2.28. The molecule has 3 heteroatoms. The van der Waals surface area contributed by atoms with Crippen molar-refractivity contribution in [2.45, 2.75) is 32.9 Å². The Kier molecular flexibility index (Phi) is 6.62. The SMILES string of the molecule is CC(C)[C@@H](N[C@@H](C)C(=O)Nc1ccccc1-c1ccccc1)c1ccccc1. The summed E-state index contributed by atoms with van der Waals surface area (Å²) in [4.78, 5) is 12.9. The van der Waals surface area contributed by atoms with Gasteiger partial charge in [-0.1, -0.05) is 92.7 Å². The molecule has 0 saturated carbocycles. The van der Waals surface area contributed by atoms with Gasteiger partial charge >= 0.3 is 0 Å². The summed E-state index contributed by atoms with van der Waals surface area (Å²) in [5.74, 6) is 0.333. The summed E-state index contributed by atoms with van der Waals surface area (Å²) in [6.45, 7) is 6.25. The van der Waals surface area contributed by atoms with Crippen molar-refractivity contribution in [3.8, 4) is 11.1 Å². The molecule has 0 saturated heterocycles. The summed E-state index contributed by atoms with van der Waals surface area (Å²) in [7, 11) is 0. The third kappa shape index (κ3) is 4.87. The molecule has 0 aliphatic rings. The molecule has 0 spiro atoms. The van der Waals surface area contributed by atoms with Crippen LogP contribution in [0.25, 0.3) is 11.1 Å². The van der Waals surface area contributed by atoms with Gasteiger partial charge in [-0.25, -0.2) is 0 Å². The fraction of sp³-hybridized carbons (Fsp3) is 0.240. The van der Waals surface area contributed by atoms with Gasteiger partial charge in [-0.05, 0) is 30.0 Å². The average Bonchev–Trinajstić information content (AvgIpc) is 2.73. The van der Waals surface area contributed by atoms with Gasteiger partial charge in [-0.15, -0.1) is 0 Å². The van der Waals surface area contributed by atoms with Crippen LogP contribution in [-0.2, 0) is 4.79 Å². The van der Waals surface area contributed by atoms with E-state index in [1.165, 1.54) is 5.56 Å². The van der Waals surface area contributed by atoms with E-state index in [-0.39, 0.29) is 18.0 Å². The number of benzene rings is 3. The maximum atomic E-state index is 12.9. The lowest BCUT2D eigenvalue weighted by atomic mass is 9.95. The van der Waals surface area contributed by atoms with Gasteiger partial charge in [-0.2, -0.15) is 0 Å². The van der Waals surface area contributed by atoms with E-state index < -0.39 is 0 Å². The van der Waals surface area contributed by atoms with Gasteiger partial charge < -0.3 is 5.32 Å². The Labute approximate surface area is 167 Å². The lowest BCUT2D eigenvalue weighted by Crippen LogP contribution is -2.41. The van der Waals surface area contributed by atoms with Gasteiger partial charge in [0.25, 0.3) is 0 Å². The number of rotatable bonds is 7. The molecule has 2 atom stereocenters. The van der Waals surface area contributed by atoms with Gasteiger partial charge in [0, 0.05) is 17.3 Å². The largest absolute Gasteiger partial charge is 0.324 e. The van der Waals surface area contributed by atoms with Crippen molar-refractivity contribution in [3.05, 3.63) is 90.5 Å². The van der Waals surface area contributed by atoms with Crippen LogP contribution in [0.3, 0.4) is 0 Å². The number of amides is 1. The zero-order valence-electron chi connectivity index (χ0n) is 16.7. The first-order valence-corrected chi connectivity index (χ1v) is 9.82. The normalized spacial score (nSPS) is 13.1. The third-order valence-corrected chi connectivity index (χ3v) is 4.92. The summed E-state index contributed by atoms with van der Waals surface area (Å²) < 4.78 is 0. The fourth-order valence-electron chi connectivity index (χ4n) is 3.38. The molecule has 0 radical (unpaired) electrons. The molecular formula is C25H28N2O. The minimum atomic E-state index is -0.323. The van der Waals surface area contributed by atoms with Crippen LogP contribution in [-0.4, -0.2) is 11.9 Å². The Morgan fingerprint density at radius 2 is 1.32 bits per heavy atom. The third-order valence-electron chi connectivity index (χ3n) is 4.92. The molecule has 1 amide bonds. The lowest BCUT2D eigenvalue weighted by molar-refractivity contribution is -0.118. The van der Waals surface area contributed by atoms with Crippen molar-refractivity contribution in [2.24, 2.45) is 5.92 Å². The molecule has 3 aromatic rings.